The molecule has 0 spiro atoms. The Morgan fingerprint density at radius 1 is 1.38 bits per heavy atom. The number of rotatable bonds is 6. The van der Waals surface area contributed by atoms with Crippen molar-refractivity contribution >= 4 is 11.8 Å². The van der Waals surface area contributed by atoms with E-state index in [9.17, 15) is 0 Å². The zero-order valence-electron chi connectivity index (χ0n) is 9.86. The Morgan fingerprint density at radius 3 is 2.62 bits per heavy atom. The van der Waals surface area contributed by atoms with Crippen molar-refractivity contribution < 1.29 is 0 Å². The van der Waals surface area contributed by atoms with Crippen LogP contribution in [0.1, 0.15) is 25.0 Å². The lowest BCUT2D eigenvalue weighted by Gasteiger charge is -2.12. The summed E-state index contributed by atoms with van der Waals surface area (Å²) in [6.45, 7) is 5.25. The van der Waals surface area contributed by atoms with E-state index in [0.29, 0.717) is 6.04 Å². The summed E-state index contributed by atoms with van der Waals surface area (Å²) >= 11 is 1.95. The number of nitrogens with one attached hydrogen (secondary N) is 1. The van der Waals surface area contributed by atoms with E-state index in [4.69, 9.17) is 5.26 Å². The second-order valence-corrected chi connectivity index (χ2v) is 5.07. The highest BCUT2D eigenvalue weighted by Gasteiger charge is 2.00. The summed E-state index contributed by atoms with van der Waals surface area (Å²) in [5.74, 6) is 2.32. The van der Waals surface area contributed by atoms with Crippen molar-refractivity contribution in [3.8, 4) is 6.07 Å². The summed E-state index contributed by atoms with van der Waals surface area (Å²) < 4.78 is 0. The Kier molecular flexibility index (Phi) is 5.99. The van der Waals surface area contributed by atoms with Crippen LogP contribution in [0, 0.1) is 11.3 Å². The zero-order chi connectivity index (χ0) is 11.8. The third-order valence-corrected chi connectivity index (χ3v) is 3.45. The minimum Gasteiger partial charge on any atom is -0.309 e. The number of hydrogen-bond acceptors (Lipinski definition) is 3. The molecule has 0 aromatic heterocycles. The Balaban J connectivity index is 2.34. The van der Waals surface area contributed by atoms with Gasteiger partial charge in [-0.2, -0.15) is 17.0 Å². The summed E-state index contributed by atoms with van der Waals surface area (Å²) in [7, 11) is 0. The second-order valence-electron chi connectivity index (χ2n) is 3.75. The molecule has 0 amide bonds. The lowest BCUT2D eigenvalue weighted by molar-refractivity contribution is 0.596. The first-order chi connectivity index (χ1) is 7.76. The van der Waals surface area contributed by atoms with Gasteiger partial charge in [0, 0.05) is 18.3 Å². The molecule has 0 radical (unpaired) electrons. The maximum atomic E-state index is 8.68. The summed E-state index contributed by atoms with van der Waals surface area (Å²) in [6, 6.07) is 10.4. The van der Waals surface area contributed by atoms with Gasteiger partial charge in [0.1, 0.15) is 0 Å². The van der Waals surface area contributed by atoms with Gasteiger partial charge in [0.15, 0.2) is 0 Å². The van der Waals surface area contributed by atoms with Gasteiger partial charge in [0.2, 0.25) is 0 Å². The van der Waals surface area contributed by atoms with Gasteiger partial charge in [-0.05, 0) is 30.4 Å². The van der Waals surface area contributed by atoms with E-state index in [1.807, 2.05) is 36.0 Å². The largest absolute Gasteiger partial charge is 0.309 e. The van der Waals surface area contributed by atoms with Crippen molar-refractivity contribution in [2.24, 2.45) is 0 Å². The first-order valence-electron chi connectivity index (χ1n) is 5.56. The third-order valence-electron chi connectivity index (χ3n) is 2.31. The van der Waals surface area contributed by atoms with Crippen molar-refractivity contribution in [1.29, 1.82) is 5.26 Å². The normalized spacial score (nSPS) is 12.1. The number of nitrogens with zero attached hydrogens (tertiary/aromatic N) is 1. The maximum Gasteiger partial charge on any atom is 0.0991 e. The fourth-order valence-corrected chi connectivity index (χ4v) is 2.05. The van der Waals surface area contributed by atoms with Crippen LogP contribution >= 0.6 is 11.8 Å². The van der Waals surface area contributed by atoms with Crippen LogP contribution in [-0.2, 0) is 6.54 Å². The lowest BCUT2D eigenvalue weighted by Crippen LogP contribution is -2.27. The van der Waals surface area contributed by atoms with E-state index >= 15 is 0 Å². The molecule has 2 nitrogen and oxygen atoms in total. The topological polar surface area (TPSA) is 35.8 Å². The number of nitriles is 1. The molecule has 1 unspecified atom stereocenters. The van der Waals surface area contributed by atoms with Gasteiger partial charge >= 0.3 is 0 Å². The highest BCUT2D eigenvalue weighted by molar-refractivity contribution is 7.99. The Labute approximate surface area is 102 Å². The zero-order valence-corrected chi connectivity index (χ0v) is 10.7. The summed E-state index contributed by atoms with van der Waals surface area (Å²) in [4.78, 5) is 0. The SMILES string of the molecule is CCSCC(C)NCc1ccc(C#N)cc1. The van der Waals surface area contributed by atoms with Crippen molar-refractivity contribution in [3.05, 3.63) is 35.4 Å². The summed E-state index contributed by atoms with van der Waals surface area (Å²) in [5, 5.41) is 12.1. The Bertz CT molecular complexity index is 340. The molecule has 1 aromatic rings. The van der Waals surface area contributed by atoms with E-state index in [1.54, 1.807) is 0 Å². The Morgan fingerprint density at radius 2 is 2.06 bits per heavy atom. The fraction of sp³-hybridized carbons (Fsp3) is 0.462. The van der Waals surface area contributed by atoms with Crippen LogP contribution in [0.4, 0.5) is 0 Å². The first kappa shape index (κ1) is 13.1. The quantitative estimate of drug-likeness (QED) is 0.822. The van der Waals surface area contributed by atoms with Crippen LogP contribution in [0.5, 0.6) is 0 Å². The number of thioether (sulfide) groups is 1. The maximum absolute atomic E-state index is 8.68. The molecular formula is C13H18N2S. The van der Waals surface area contributed by atoms with Crippen LogP contribution in [0.25, 0.3) is 0 Å². The van der Waals surface area contributed by atoms with E-state index in [-0.39, 0.29) is 0 Å². The molecule has 0 fully saturated rings. The van der Waals surface area contributed by atoms with E-state index in [1.165, 1.54) is 11.3 Å². The average molecular weight is 234 g/mol. The van der Waals surface area contributed by atoms with Crippen molar-refractivity contribution in [1.82, 2.24) is 5.32 Å². The molecule has 0 saturated heterocycles. The van der Waals surface area contributed by atoms with Crippen molar-refractivity contribution in [3.63, 3.8) is 0 Å². The molecule has 0 aliphatic heterocycles. The summed E-state index contributed by atoms with van der Waals surface area (Å²) in [5.41, 5.74) is 1.95. The molecule has 0 heterocycles. The molecule has 1 atom stereocenters. The van der Waals surface area contributed by atoms with Crippen LogP contribution < -0.4 is 5.32 Å². The number of benzene rings is 1. The van der Waals surface area contributed by atoms with Crippen LogP contribution in [0.2, 0.25) is 0 Å². The smallest absolute Gasteiger partial charge is 0.0991 e. The van der Waals surface area contributed by atoms with E-state index in [0.717, 1.165) is 17.9 Å². The van der Waals surface area contributed by atoms with Crippen LogP contribution in [0.15, 0.2) is 24.3 Å². The molecular weight excluding hydrogens is 216 g/mol. The van der Waals surface area contributed by atoms with Crippen LogP contribution in [0.3, 0.4) is 0 Å². The minimum absolute atomic E-state index is 0.528. The summed E-state index contributed by atoms with van der Waals surface area (Å²) in [6.07, 6.45) is 0. The highest BCUT2D eigenvalue weighted by Crippen LogP contribution is 2.05. The van der Waals surface area contributed by atoms with Gasteiger partial charge in [0.05, 0.1) is 11.6 Å². The Hall–Kier alpha value is -0.980. The number of hydrogen-bond donors (Lipinski definition) is 1. The van der Waals surface area contributed by atoms with E-state index in [2.05, 4.69) is 25.2 Å². The van der Waals surface area contributed by atoms with Crippen molar-refractivity contribution in [2.45, 2.75) is 26.4 Å². The predicted molar refractivity (Wildman–Crippen MR) is 70.5 cm³/mol. The monoisotopic (exact) mass is 234 g/mol. The average Bonchev–Trinajstić information content (AvgIpc) is 2.34. The predicted octanol–water partition coefficient (Wildman–Crippen LogP) is 2.79. The lowest BCUT2D eigenvalue weighted by atomic mass is 10.1. The molecule has 0 aliphatic rings. The second kappa shape index (κ2) is 7.32. The van der Waals surface area contributed by atoms with Gasteiger partial charge in [0.25, 0.3) is 0 Å². The minimum atomic E-state index is 0.528. The highest BCUT2D eigenvalue weighted by atomic mass is 32.2. The molecule has 1 N–H and O–H groups in total. The van der Waals surface area contributed by atoms with Gasteiger partial charge < -0.3 is 5.32 Å². The van der Waals surface area contributed by atoms with Gasteiger partial charge in [-0.3, -0.25) is 0 Å². The van der Waals surface area contributed by atoms with Gasteiger partial charge in [-0.1, -0.05) is 19.1 Å². The van der Waals surface area contributed by atoms with Gasteiger partial charge in [-0.15, -0.1) is 0 Å². The molecule has 0 bridgehead atoms. The molecule has 86 valence electrons. The molecule has 3 heteroatoms. The third kappa shape index (κ3) is 4.69. The van der Waals surface area contributed by atoms with Crippen molar-refractivity contribution in [2.75, 3.05) is 11.5 Å². The molecule has 0 aliphatic carbocycles. The van der Waals surface area contributed by atoms with Crippen LogP contribution in [-0.4, -0.2) is 17.5 Å². The van der Waals surface area contributed by atoms with Gasteiger partial charge in [-0.25, -0.2) is 0 Å². The first-order valence-corrected chi connectivity index (χ1v) is 6.72. The molecule has 16 heavy (non-hydrogen) atoms. The fourth-order valence-electron chi connectivity index (χ4n) is 1.34. The molecule has 1 aromatic carbocycles. The molecule has 0 saturated carbocycles. The van der Waals surface area contributed by atoms with E-state index < -0.39 is 0 Å². The molecule has 1 rings (SSSR count). The standard InChI is InChI=1S/C13H18N2S/c1-3-16-10-11(2)15-9-13-6-4-12(8-14)5-7-13/h4-7,11,15H,3,9-10H2,1-2H3.